The molecule has 11 aromatic carbocycles. The summed E-state index contributed by atoms with van der Waals surface area (Å²) in [7, 11) is 0. The predicted octanol–water partition coefficient (Wildman–Crippen LogP) is 16.4. The maximum Gasteiger partial charge on any atom is 0.0546 e. The fourth-order valence-corrected chi connectivity index (χ4v) is 9.05. The second kappa shape index (κ2) is 14.6. The van der Waals surface area contributed by atoms with E-state index in [1.54, 1.807) is 0 Å². The topological polar surface area (TPSA) is 3.24 Å². The van der Waals surface area contributed by atoms with Gasteiger partial charge in [-0.25, -0.2) is 0 Å². The smallest absolute Gasteiger partial charge is 0.0546 e. The summed E-state index contributed by atoms with van der Waals surface area (Å²) in [6, 6.07) is 86.5. The van der Waals surface area contributed by atoms with Crippen molar-refractivity contribution in [3.63, 3.8) is 0 Å². The highest BCUT2D eigenvalue weighted by atomic mass is 15.1. The molecule has 0 saturated heterocycles. The van der Waals surface area contributed by atoms with Crippen LogP contribution in [0.3, 0.4) is 0 Å². The average Bonchev–Trinajstić information content (AvgIpc) is 3.32. The molecule has 276 valence electrons. The predicted molar refractivity (Wildman–Crippen MR) is 253 cm³/mol. The second-order valence-electron chi connectivity index (χ2n) is 15.2. The Hall–Kier alpha value is -7.74. The standard InChI is InChI=1S/C58H39N/c1-4-19-41(20-5-1)48-34-35-57(52-31-17-16-29-50(48)52)59(46-33-32-40-18-10-11-25-44(40)36-46)58-39-53(42-21-6-2-7-22-42)56(38-54(58)43-23-8-3-9-24-43)55-37-45-26-12-13-27-47(45)49-28-14-15-30-51(49)55/h1-39H. The van der Waals surface area contributed by atoms with Crippen molar-refractivity contribution in [2.45, 2.75) is 0 Å². The molecule has 0 heterocycles. The van der Waals surface area contributed by atoms with Crippen molar-refractivity contribution in [3.05, 3.63) is 237 Å². The van der Waals surface area contributed by atoms with Crippen molar-refractivity contribution in [2.24, 2.45) is 0 Å². The minimum absolute atomic E-state index is 1.10. The molecule has 0 radical (unpaired) electrons. The third kappa shape index (κ3) is 6.12. The number of hydrogen-bond acceptors (Lipinski definition) is 1. The first-order chi connectivity index (χ1) is 29.3. The number of anilines is 3. The van der Waals surface area contributed by atoms with Gasteiger partial charge in [-0.3, -0.25) is 0 Å². The van der Waals surface area contributed by atoms with Crippen LogP contribution in [0.1, 0.15) is 0 Å². The van der Waals surface area contributed by atoms with Crippen LogP contribution in [0.15, 0.2) is 237 Å². The molecule has 0 aliphatic rings. The molecule has 0 bridgehead atoms. The molecule has 0 spiro atoms. The van der Waals surface area contributed by atoms with Crippen molar-refractivity contribution < 1.29 is 0 Å². The van der Waals surface area contributed by atoms with Gasteiger partial charge in [-0.15, -0.1) is 0 Å². The van der Waals surface area contributed by atoms with Gasteiger partial charge in [0, 0.05) is 16.6 Å². The number of rotatable bonds is 7. The van der Waals surface area contributed by atoms with Crippen LogP contribution in [0.2, 0.25) is 0 Å². The van der Waals surface area contributed by atoms with Crippen LogP contribution in [0, 0.1) is 0 Å². The van der Waals surface area contributed by atoms with Crippen LogP contribution in [0.5, 0.6) is 0 Å². The lowest BCUT2D eigenvalue weighted by molar-refractivity contribution is 1.30. The minimum Gasteiger partial charge on any atom is -0.309 e. The largest absolute Gasteiger partial charge is 0.309 e. The van der Waals surface area contributed by atoms with Crippen LogP contribution >= 0.6 is 0 Å². The normalized spacial score (nSPS) is 11.4. The van der Waals surface area contributed by atoms with E-state index in [1.807, 2.05) is 0 Å². The molecule has 0 unspecified atom stereocenters. The molecular weight excluding hydrogens is 711 g/mol. The van der Waals surface area contributed by atoms with Gasteiger partial charge in [0.05, 0.1) is 11.4 Å². The van der Waals surface area contributed by atoms with Crippen molar-refractivity contribution in [1.82, 2.24) is 0 Å². The summed E-state index contributed by atoms with van der Waals surface area (Å²) in [6.45, 7) is 0. The molecule has 0 N–H and O–H groups in total. The fourth-order valence-electron chi connectivity index (χ4n) is 9.05. The fraction of sp³-hybridized carbons (Fsp3) is 0. The molecule has 0 aliphatic carbocycles. The van der Waals surface area contributed by atoms with E-state index in [0.29, 0.717) is 0 Å². The molecule has 0 aromatic heterocycles. The molecular formula is C58H39N. The molecule has 1 heteroatoms. The molecule has 1 nitrogen and oxygen atoms in total. The van der Waals surface area contributed by atoms with Crippen LogP contribution in [-0.4, -0.2) is 0 Å². The average molecular weight is 750 g/mol. The maximum absolute atomic E-state index is 2.50. The zero-order chi connectivity index (χ0) is 39.1. The van der Waals surface area contributed by atoms with Gasteiger partial charge < -0.3 is 4.90 Å². The molecule has 0 aliphatic heterocycles. The van der Waals surface area contributed by atoms with Gasteiger partial charge in [-0.2, -0.15) is 0 Å². The van der Waals surface area contributed by atoms with E-state index < -0.39 is 0 Å². The van der Waals surface area contributed by atoms with Crippen molar-refractivity contribution in [3.8, 4) is 44.5 Å². The van der Waals surface area contributed by atoms with Gasteiger partial charge in [0.1, 0.15) is 0 Å². The highest BCUT2D eigenvalue weighted by Gasteiger charge is 2.24. The highest BCUT2D eigenvalue weighted by Crippen LogP contribution is 2.50. The summed E-state index contributed by atoms with van der Waals surface area (Å²) in [5.74, 6) is 0. The first kappa shape index (κ1) is 34.5. The monoisotopic (exact) mass is 749 g/mol. The van der Waals surface area contributed by atoms with Gasteiger partial charge in [0.2, 0.25) is 0 Å². The molecule has 11 aromatic rings. The van der Waals surface area contributed by atoms with Crippen molar-refractivity contribution >= 4 is 60.2 Å². The molecule has 11 rings (SSSR count). The Labute approximate surface area is 344 Å². The van der Waals surface area contributed by atoms with E-state index in [0.717, 1.165) is 28.2 Å². The van der Waals surface area contributed by atoms with E-state index in [2.05, 4.69) is 241 Å². The Morgan fingerprint density at radius 1 is 0.220 bits per heavy atom. The van der Waals surface area contributed by atoms with Crippen LogP contribution in [0.4, 0.5) is 17.1 Å². The van der Waals surface area contributed by atoms with Crippen LogP contribution < -0.4 is 4.90 Å². The summed E-state index contributed by atoms with van der Waals surface area (Å²) in [4.78, 5) is 2.50. The minimum atomic E-state index is 1.10. The van der Waals surface area contributed by atoms with Gasteiger partial charge in [-0.05, 0) is 113 Å². The Morgan fingerprint density at radius 3 is 1.41 bits per heavy atom. The lowest BCUT2D eigenvalue weighted by Crippen LogP contribution is -2.12. The molecule has 59 heavy (non-hydrogen) atoms. The Morgan fingerprint density at radius 2 is 0.729 bits per heavy atom. The number of nitrogens with zero attached hydrogens (tertiary/aromatic N) is 1. The van der Waals surface area contributed by atoms with E-state index in [9.17, 15) is 0 Å². The van der Waals surface area contributed by atoms with Gasteiger partial charge in [0.15, 0.2) is 0 Å². The first-order valence-corrected chi connectivity index (χ1v) is 20.3. The van der Waals surface area contributed by atoms with Crippen LogP contribution in [0.25, 0.3) is 87.6 Å². The summed E-state index contributed by atoms with van der Waals surface area (Å²) in [5.41, 5.74) is 12.8. The third-order valence-corrected chi connectivity index (χ3v) is 11.8. The summed E-state index contributed by atoms with van der Waals surface area (Å²) in [6.07, 6.45) is 0. The lowest BCUT2D eigenvalue weighted by atomic mass is 9.86. The zero-order valence-electron chi connectivity index (χ0n) is 32.5. The molecule has 0 atom stereocenters. The van der Waals surface area contributed by atoms with Crippen molar-refractivity contribution in [1.29, 1.82) is 0 Å². The highest BCUT2D eigenvalue weighted by molar-refractivity contribution is 6.16. The Kier molecular flexibility index (Phi) is 8.56. The number of benzene rings is 11. The van der Waals surface area contributed by atoms with Gasteiger partial charge >= 0.3 is 0 Å². The lowest BCUT2D eigenvalue weighted by Gasteiger charge is -2.31. The Bertz CT molecular complexity index is 3310. The number of fused-ring (bicyclic) bond motifs is 5. The molecule has 0 amide bonds. The first-order valence-electron chi connectivity index (χ1n) is 20.3. The maximum atomic E-state index is 2.50. The van der Waals surface area contributed by atoms with E-state index in [1.165, 1.54) is 76.5 Å². The van der Waals surface area contributed by atoms with Crippen molar-refractivity contribution in [2.75, 3.05) is 4.90 Å². The third-order valence-electron chi connectivity index (χ3n) is 11.8. The van der Waals surface area contributed by atoms with Crippen LogP contribution in [-0.2, 0) is 0 Å². The zero-order valence-corrected chi connectivity index (χ0v) is 32.5. The van der Waals surface area contributed by atoms with E-state index >= 15 is 0 Å². The summed E-state index contributed by atoms with van der Waals surface area (Å²) in [5, 5.41) is 9.81. The number of hydrogen-bond donors (Lipinski definition) is 0. The molecule has 0 saturated carbocycles. The van der Waals surface area contributed by atoms with Gasteiger partial charge in [0.25, 0.3) is 0 Å². The summed E-state index contributed by atoms with van der Waals surface area (Å²) >= 11 is 0. The SMILES string of the molecule is c1ccc(-c2cc(N(c3ccc4ccccc4c3)c3ccc(-c4ccccc4)c4ccccc34)c(-c3ccccc3)cc2-c2cc3ccccc3c3ccccc23)cc1. The van der Waals surface area contributed by atoms with Gasteiger partial charge in [-0.1, -0.05) is 200 Å². The second-order valence-corrected chi connectivity index (χ2v) is 15.2. The summed E-state index contributed by atoms with van der Waals surface area (Å²) < 4.78 is 0. The molecule has 0 fully saturated rings. The Balaban J connectivity index is 1.27. The quantitative estimate of drug-likeness (QED) is 0.147. The van der Waals surface area contributed by atoms with E-state index in [4.69, 9.17) is 0 Å². The van der Waals surface area contributed by atoms with E-state index in [-0.39, 0.29) is 0 Å².